The Labute approximate surface area is 118 Å². The Hall–Kier alpha value is -1.88. The molecule has 1 aliphatic heterocycles. The molecule has 1 fully saturated rings. The third-order valence-corrected chi connectivity index (χ3v) is 3.60. The molecule has 5 nitrogen and oxygen atoms in total. The minimum absolute atomic E-state index is 0.0443. The standard InChI is InChI=1S/C15H20N2O3/c1-20-15(19)13-9-12(16)10-17(13)14(18)8-7-11-5-3-2-4-6-11/h2-6,12-13H,7-10,16H2,1H3. The molecule has 1 aromatic carbocycles. The Balaban J connectivity index is 1.95. The molecule has 1 saturated heterocycles. The summed E-state index contributed by atoms with van der Waals surface area (Å²) in [7, 11) is 1.33. The van der Waals surface area contributed by atoms with E-state index in [1.807, 2.05) is 30.3 Å². The van der Waals surface area contributed by atoms with Crippen molar-refractivity contribution >= 4 is 11.9 Å². The molecule has 0 radical (unpaired) electrons. The van der Waals surface area contributed by atoms with Crippen LogP contribution in [0.25, 0.3) is 0 Å². The second kappa shape index (κ2) is 6.52. The highest BCUT2D eigenvalue weighted by Gasteiger charge is 2.38. The fourth-order valence-electron chi connectivity index (χ4n) is 2.54. The molecule has 2 atom stereocenters. The Morgan fingerprint density at radius 3 is 2.70 bits per heavy atom. The second-order valence-electron chi connectivity index (χ2n) is 5.07. The van der Waals surface area contributed by atoms with Gasteiger partial charge in [-0.25, -0.2) is 4.79 Å². The van der Waals surface area contributed by atoms with Crippen LogP contribution in [0, 0.1) is 0 Å². The van der Waals surface area contributed by atoms with Gasteiger partial charge in [0.15, 0.2) is 0 Å². The molecule has 1 aliphatic rings. The van der Waals surface area contributed by atoms with Crippen LogP contribution in [0.2, 0.25) is 0 Å². The summed E-state index contributed by atoms with van der Waals surface area (Å²) in [6.07, 6.45) is 1.52. The predicted octanol–water partition coefficient (Wildman–Crippen LogP) is 0.720. The van der Waals surface area contributed by atoms with Crippen LogP contribution in [0.3, 0.4) is 0 Å². The van der Waals surface area contributed by atoms with E-state index in [9.17, 15) is 9.59 Å². The number of carbonyl (C=O) groups is 2. The van der Waals surface area contributed by atoms with Crippen molar-refractivity contribution in [2.45, 2.75) is 31.3 Å². The Kier molecular flexibility index (Phi) is 4.74. The largest absolute Gasteiger partial charge is 0.467 e. The summed E-state index contributed by atoms with van der Waals surface area (Å²) in [6.45, 7) is 0.424. The minimum Gasteiger partial charge on any atom is -0.467 e. The smallest absolute Gasteiger partial charge is 0.328 e. The van der Waals surface area contributed by atoms with E-state index < -0.39 is 6.04 Å². The third kappa shape index (κ3) is 3.36. The fraction of sp³-hybridized carbons (Fsp3) is 0.467. The minimum atomic E-state index is -0.529. The van der Waals surface area contributed by atoms with Gasteiger partial charge in [-0.2, -0.15) is 0 Å². The maximum Gasteiger partial charge on any atom is 0.328 e. The zero-order chi connectivity index (χ0) is 14.5. The SMILES string of the molecule is COC(=O)C1CC(N)CN1C(=O)CCc1ccccc1. The van der Waals surface area contributed by atoms with Crippen LogP contribution < -0.4 is 5.73 Å². The quantitative estimate of drug-likeness (QED) is 0.822. The molecule has 0 aliphatic carbocycles. The second-order valence-corrected chi connectivity index (χ2v) is 5.07. The van der Waals surface area contributed by atoms with Crippen molar-refractivity contribution in [3.63, 3.8) is 0 Å². The number of carbonyl (C=O) groups excluding carboxylic acids is 2. The lowest BCUT2D eigenvalue weighted by atomic mass is 10.1. The van der Waals surface area contributed by atoms with Crippen LogP contribution in [0.5, 0.6) is 0 Å². The van der Waals surface area contributed by atoms with E-state index in [2.05, 4.69) is 0 Å². The van der Waals surface area contributed by atoms with Gasteiger partial charge in [0.05, 0.1) is 7.11 Å². The number of hydrogen-bond acceptors (Lipinski definition) is 4. The van der Waals surface area contributed by atoms with Gasteiger partial charge in [-0.1, -0.05) is 30.3 Å². The third-order valence-electron chi connectivity index (χ3n) is 3.60. The zero-order valence-corrected chi connectivity index (χ0v) is 11.6. The van der Waals surface area contributed by atoms with Crippen LogP contribution in [0.15, 0.2) is 30.3 Å². The Bertz CT molecular complexity index is 475. The van der Waals surface area contributed by atoms with Crippen LogP contribution >= 0.6 is 0 Å². The summed E-state index contributed by atoms with van der Waals surface area (Å²) >= 11 is 0. The monoisotopic (exact) mass is 276 g/mol. The van der Waals surface area contributed by atoms with Crippen molar-refractivity contribution in [1.82, 2.24) is 4.90 Å². The molecule has 1 amide bonds. The number of methoxy groups -OCH3 is 1. The zero-order valence-electron chi connectivity index (χ0n) is 11.6. The first-order chi connectivity index (χ1) is 9.61. The Morgan fingerprint density at radius 1 is 1.35 bits per heavy atom. The van der Waals surface area contributed by atoms with Gasteiger partial charge in [0, 0.05) is 19.0 Å². The highest BCUT2D eigenvalue weighted by atomic mass is 16.5. The van der Waals surface area contributed by atoms with Crippen molar-refractivity contribution in [1.29, 1.82) is 0 Å². The van der Waals surface area contributed by atoms with E-state index in [0.29, 0.717) is 25.8 Å². The predicted molar refractivity (Wildman–Crippen MR) is 74.9 cm³/mol. The summed E-state index contributed by atoms with van der Waals surface area (Å²) in [5, 5.41) is 0. The molecular formula is C15H20N2O3. The molecule has 1 heterocycles. The van der Waals surface area contributed by atoms with Gasteiger partial charge in [-0.05, 0) is 18.4 Å². The number of rotatable bonds is 4. The summed E-state index contributed by atoms with van der Waals surface area (Å²) in [6, 6.07) is 9.13. The number of nitrogens with two attached hydrogens (primary N) is 1. The number of likely N-dealkylation sites (tertiary alicyclic amines) is 1. The van der Waals surface area contributed by atoms with Crippen molar-refractivity contribution < 1.29 is 14.3 Å². The molecule has 2 unspecified atom stereocenters. The molecule has 2 rings (SSSR count). The van der Waals surface area contributed by atoms with E-state index in [0.717, 1.165) is 5.56 Å². The van der Waals surface area contributed by atoms with Crippen LogP contribution in [0.1, 0.15) is 18.4 Å². The van der Waals surface area contributed by atoms with Gasteiger partial charge < -0.3 is 15.4 Å². The first-order valence-corrected chi connectivity index (χ1v) is 6.78. The average Bonchev–Trinajstić information content (AvgIpc) is 2.87. The van der Waals surface area contributed by atoms with Crippen LogP contribution in [-0.2, 0) is 20.7 Å². The van der Waals surface area contributed by atoms with Gasteiger partial charge in [0.1, 0.15) is 6.04 Å². The summed E-state index contributed by atoms with van der Waals surface area (Å²) in [5.41, 5.74) is 6.96. The first-order valence-electron chi connectivity index (χ1n) is 6.78. The maximum absolute atomic E-state index is 12.3. The van der Waals surface area contributed by atoms with E-state index in [4.69, 9.17) is 10.5 Å². The summed E-state index contributed by atoms with van der Waals surface area (Å²) in [4.78, 5) is 25.5. The number of hydrogen-bond donors (Lipinski definition) is 1. The van der Waals surface area contributed by atoms with Gasteiger partial charge in [0.25, 0.3) is 0 Å². The number of amides is 1. The van der Waals surface area contributed by atoms with E-state index >= 15 is 0 Å². The number of ether oxygens (including phenoxy) is 1. The fourth-order valence-corrected chi connectivity index (χ4v) is 2.54. The lowest BCUT2D eigenvalue weighted by molar-refractivity contribution is -0.150. The highest BCUT2D eigenvalue weighted by molar-refractivity contribution is 5.85. The van der Waals surface area contributed by atoms with Crippen LogP contribution in [0.4, 0.5) is 0 Å². The molecule has 1 aromatic rings. The van der Waals surface area contributed by atoms with E-state index in [1.54, 1.807) is 4.90 Å². The van der Waals surface area contributed by atoms with Gasteiger partial charge >= 0.3 is 5.97 Å². The summed E-state index contributed by atoms with van der Waals surface area (Å²) in [5.74, 6) is -0.428. The Morgan fingerprint density at radius 2 is 2.05 bits per heavy atom. The molecule has 2 N–H and O–H groups in total. The molecule has 0 aromatic heterocycles. The van der Waals surface area contributed by atoms with Gasteiger partial charge in [-0.3, -0.25) is 4.79 Å². The molecule has 108 valence electrons. The van der Waals surface area contributed by atoms with Crippen molar-refractivity contribution in [3.05, 3.63) is 35.9 Å². The number of benzene rings is 1. The maximum atomic E-state index is 12.3. The molecule has 0 spiro atoms. The summed E-state index contributed by atoms with van der Waals surface area (Å²) < 4.78 is 4.74. The number of aryl methyl sites for hydroxylation is 1. The molecule has 0 saturated carbocycles. The molecule has 5 heteroatoms. The first kappa shape index (κ1) is 14.5. The molecule has 20 heavy (non-hydrogen) atoms. The number of esters is 1. The number of nitrogens with zero attached hydrogens (tertiary/aromatic N) is 1. The van der Waals surface area contributed by atoms with Crippen LogP contribution in [-0.4, -0.2) is 42.5 Å². The lowest BCUT2D eigenvalue weighted by Crippen LogP contribution is -2.41. The topological polar surface area (TPSA) is 72.6 Å². The van der Waals surface area contributed by atoms with Crippen molar-refractivity contribution in [2.24, 2.45) is 5.73 Å². The highest BCUT2D eigenvalue weighted by Crippen LogP contribution is 2.19. The van der Waals surface area contributed by atoms with E-state index in [1.165, 1.54) is 7.11 Å². The molecule has 0 bridgehead atoms. The van der Waals surface area contributed by atoms with Gasteiger partial charge in [0.2, 0.25) is 5.91 Å². The van der Waals surface area contributed by atoms with Crippen molar-refractivity contribution in [2.75, 3.05) is 13.7 Å². The van der Waals surface area contributed by atoms with E-state index in [-0.39, 0.29) is 17.9 Å². The lowest BCUT2D eigenvalue weighted by Gasteiger charge is -2.22. The van der Waals surface area contributed by atoms with Gasteiger partial charge in [-0.15, -0.1) is 0 Å². The average molecular weight is 276 g/mol. The van der Waals surface area contributed by atoms with Crippen molar-refractivity contribution in [3.8, 4) is 0 Å². The molecular weight excluding hydrogens is 256 g/mol. The normalized spacial score (nSPS) is 21.8.